The van der Waals surface area contributed by atoms with E-state index in [0.717, 1.165) is 4.90 Å². The van der Waals surface area contributed by atoms with Crippen molar-refractivity contribution in [2.24, 2.45) is 0 Å². The number of aryl methyl sites for hydroxylation is 1. The third-order valence-corrected chi connectivity index (χ3v) is 11.9. The van der Waals surface area contributed by atoms with Crippen LogP contribution in [0.25, 0.3) is 17.2 Å². The Hall–Kier alpha value is -1.64. The van der Waals surface area contributed by atoms with Gasteiger partial charge in [0, 0.05) is 35.5 Å². The fourth-order valence-electron chi connectivity index (χ4n) is 4.99. The van der Waals surface area contributed by atoms with Crippen LogP contribution < -0.4 is 9.05 Å². The molecule has 0 aliphatic carbocycles. The van der Waals surface area contributed by atoms with Gasteiger partial charge in [-0.15, -0.1) is 0 Å². The SMILES string of the molecule is CC(CC[n+]1c(C=C2Sc3ccc(Cl)cc3[N+]23CCC3(C)S(=O)(=O)[O-])oc2ccc(Cl)cc21)S(=O)(=O)O. The quantitative estimate of drug-likeness (QED) is 0.242. The normalized spacial score (nSPS) is 25.5. The Morgan fingerprint density at radius 1 is 1.22 bits per heavy atom. The van der Waals surface area contributed by atoms with Crippen molar-refractivity contribution in [3.63, 3.8) is 0 Å². The van der Waals surface area contributed by atoms with E-state index in [0.29, 0.717) is 44.3 Å². The van der Waals surface area contributed by atoms with E-state index in [-0.39, 0.29) is 23.9 Å². The van der Waals surface area contributed by atoms with Gasteiger partial charge >= 0.3 is 5.89 Å². The van der Waals surface area contributed by atoms with Gasteiger partial charge in [-0.05, 0) is 43.0 Å². The van der Waals surface area contributed by atoms with Crippen LogP contribution in [0.1, 0.15) is 32.6 Å². The molecule has 3 aromatic rings. The first-order valence-electron chi connectivity index (χ1n) is 11.3. The first-order valence-corrected chi connectivity index (χ1v) is 15.8. The van der Waals surface area contributed by atoms with Crippen molar-refractivity contribution < 1.29 is 34.9 Å². The molecule has 1 saturated heterocycles. The molecule has 3 heterocycles. The summed E-state index contributed by atoms with van der Waals surface area (Å²) < 4.78 is 77.9. The summed E-state index contributed by atoms with van der Waals surface area (Å²) in [5.41, 5.74) is 1.70. The number of quaternary nitrogens is 1. The van der Waals surface area contributed by atoms with Crippen molar-refractivity contribution in [2.75, 3.05) is 6.54 Å². The minimum Gasteiger partial charge on any atom is -0.743 e. The fraction of sp³-hybridized carbons (Fsp3) is 0.348. The van der Waals surface area contributed by atoms with E-state index in [4.69, 9.17) is 27.6 Å². The lowest BCUT2D eigenvalue weighted by atomic mass is 9.96. The van der Waals surface area contributed by atoms with Gasteiger partial charge in [-0.2, -0.15) is 13.0 Å². The summed E-state index contributed by atoms with van der Waals surface area (Å²) in [4.78, 5) is -0.877. The van der Waals surface area contributed by atoms with Crippen molar-refractivity contribution >= 4 is 78.1 Å². The molecule has 2 aliphatic heterocycles. The lowest BCUT2D eigenvalue weighted by Crippen LogP contribution is -2.75. The van der Waals surface area contributed by atoms with Crippen molar-refractivity contribution in [3.05, 3.63) is 57.4 Å². The number of halogens is 2. The molecule has 2 aromatic carbocycles. The molecule has 14 heteroatoms. The zero-order chi connectivity index (χ0) is 27.0. The lowest BCUT2D eigenvalue weighted by molar-refractivity contribution is -0.678. The highest BCUT2D eigenvalue weighted by Crippen LogP contribution is 2.62. The van der Waals surface area contributed by atoms with Crippen molar-refractivity contribution in [3.8, 4) is 0 Å². The van der Waals surface area contributed by atoms with Crippen LogP contribution in [0.2, 0.25) is 10.0 Å². The first kappa shape index (κ1) is 26.9. The number of nitrogens with zero attached hydrogens (tertiary/aromatic N) is 2. The number of oxazole rings is 1. The third kappa shape index (κ3) is 4.22. The van der Waals surface area contributed by atoms with Crippen molar-refractivity contribution in [2.45, 2.75) is 48.3 Å². The predicted octanol–water partition coefficient (Wildman–Crippen LogP) is 4.77. The van der Waals surface area contributed by atoms with Gasteiger partial charge in [-0.1, -0.05) is 23.2 Å². The molecule has 1 fully saturated rings. The van der Waals surface area contributed by atoms with Crippen LogP contribution in [0.5, 0.6) is 0 Å². The molecule has 0 radical (unpaired) electrons. The molecule has 0 bridgehead atoms. The molecule has 1 N–H and O–H groups in total. The average Bonchev–Trinajstić information content (AvgIpc) is 3.30. The van der Waals surface area contributed by atoms with Gasteiger partial charge in [0.15, 0.2) is 27.4 Å². The summed E-state index contributed by atoms with van der Waals surface area (Å²) in [6, 6.07) is 10.2. The van der Waals surface area contributed by atoms with E-state index in [9.17, 15) is 25.9 Å². The Bertz CT molecular complexity index is 1690. The van der Waals surface area contributed by atoms with Crippen molar-refractivity contribution in [1.29, 1.82) is 0 Å². The zero-order valence-electron chi connectivity index (χ0n) is 19.7. The molecule has 198 valence electrons. The second kappa shape index (κ2) is 8.95. The van der Waals surface area contributed by atoms with Gasteiger partial charge in [0.25, 0.3) is 15.6 Å². The molecular weight excluding hydrogens is 583 g/mol. The van der Waals surface area contributed by atoms with Crippen molar-refractivity contribution in [1.82, 2.24) is 4.48 Å². The monoisotopic (exact) mass is 605 g/mol. The van der Waals surface area contributed by atoms with Gasteiger partial charge < -0.3 is 8.97 Å². The Balaban J connectivity index is 1.70. The zero-order valence-corrected chi connectivity index (χ0v) is 23.7. The largest absolute Gasteiger partial charge is 0.743 e. The van der Waals surface area contributed by atoms with E-state index in [2.05, 4.69) is 0 Å². The summed E-state index contributed by atoms with van der Waals surface area (Å²) in [7, 11) is -8.99. The second-order valence-corrected chi connectivity index (χ2v) is 15.0. The molecular formula is C23H23Cl2N2O7S3+. The summed E-state index contributed by atoms with van der Waals surface area (Å²) in [6.45, 7) is 3.38. The Kier molecular flexibility index (Phi) is 6.52. The van der Waals surface area contributed by atoms with Gasteiger partial charge in [0.2, 0.25) is 10.5 Å². The minimum absolute atomic E-state index is 0.0798. The number of rotatable bonds is 6. The maximum absolute atomic E-state index is 12.5. The highest BCUT2D eigenvalue weighted by Gasteiger charge is 2.68. The molecule has 1 spiro atoms. The Morgan fingerprint density at radius 3 is 2.51 bits per heavy atom. The fourth-order valence-corrected chi connectivity index (χ4v) is 8.18. The smallest absolute Gasteiger partial charge is 0.380 e. The van der Waals surface area contributed by atoms with Gasteiger partial charge in [0.05, 0.1) is 23.1 Å². The number of hydrogen-bond acceptors (Lipinski definition) is 7. The summed E-state index contributed by atoms with van der Waals surface area (Å²) in [5.74, 6) is 0.316. The first-order chi connectivity index (χ1) is 17.2. The highest BCUT2D eigenvalue weighted by atomic mass is 35.5. The number of fused-ring (bicyclic) bond motifs is 3. The molecule has 0 amide bonds. The topological polar surface area (TPSA) is 129 Å². The molecule has 9 nitrogen and oxygen atoms in total. The summed E-state index contributed by atoms with van der Waals surface area (Å²) in [6.07, 6.45) is 1.94. The molecule has 1 aromatic heterocycles. The second-order valence-electron chi connectivity index (χ2n) is 9.43. The summed E-state index contributed by atoms with van der Waals surface area (Å²) >= 11 is 13.8. The van der Waals surface area contributed by atoms with E-state index in [1.807, 2.05) is 0 Å². The molecule has 3 unspecified atom stereocenters. The van der Waals surface area contributed by atoms with E-state index >= 15 is 0 Å². The van der Waals surface area contributed by atoms with Gasteiger partial charge in [-0.3, -0.25) is 4.55 Å². The van der Waals surface area contributed by atoms with Crippen LogP contribution in [0.15, 0.2) is 50.7 Å². The Morgan fingerprint density at radius 2 is 1.89 bits per heavy atom. The van der Waals surface area contributed by atoms with E-state index in [1.54, 1.807) is 47.0 Å². The number of hydrogen-bond donors (Lipinski definition) is 1. The van der Waals surface area contributed by atoms with Crippen LogP contribution in [-0.2, 0) is 26.8 Å². The van der Waals surface area contributed by atoms with Gasteiger partial charge in [-0.25, -0.2) is 12.9 Å². The van der Waals surface area contributed by atoms with Crippen LogP contribution in [0, 0.1) is 0 Å². The highest BCUT2D eigenvalue weighted by molar-refractivity contribution is 8.03. The lowest BCUT2D eigenvalue weighted by Gasteiger charge is -2.57. The summed E-state index contributed by atoms with van der Waals surface area (Å²) in [5, 5.41) is 0.396. The molecule has 0 saturated carbocycles. The maximum atomic E-state index is 12.5. The van der Waals surface area contributed by atoms with Crippen LogP contribution in [-0.4, -0.2) is 42.6 Å². The minimum atomic E-state index is -4.74. The van der Waals surface area contributed by atoms with E-state index < -0.39 is 30.4 Å². The number of aromatic nitrogens is 1. The molecule has 3 atom stereocenters. The van der Waals surface area contributed by atoms with Crippen LogP contribution in [0.4, 0.5) is 5.69 Å². The maximum Gasteiger partial charge on any atom is 0.380 e. The predicted molar refractivity (Wildman–Crippen MR) is 142 cm³/mol. The molecule has 5 rings (SSSR count). The van der Waals surface area contributed by atoms with Crippen LogP contribution in [0.3, 0.4) is 0 Å². The third-order valence-electron chi connectivity index (χ3n) is 7.39. The Labute approximate surface area is 228 Å². The van der Waals surface area contributed by atoms with E-state index in [1.165, 1.54) is 25.6 Å². The van der Waals surface area contributed by atoms with Crippen LogP contribution >= 0.6 is 35.0 Å². The number of benzene rings is 2. The standard InChI is InChI=1S/C23H22Cl2N2O7S3/c1-14(36(28,29)30)7-9-26-17-11-15(24)3-5-19(17)34-21(26)13-22-27(10-8-23(27,2)37(31,32)33)18-12-16(25)4-6-20(18)35-22/h3-6,11-14H,7-10H2,1-2H3/p+1. The molecule has 37 heavy (non-hydrogen) atoms. The van der Waals surface area contributed by atoms with Gasteiger partial charge in [0.1, 0.15) is 6.08 Å². The average molecular weight is 607 g/mol. The molecule has 2 aliphatic rings. The number of thioether (sulfide) groups is 1.